The Morgan fingerprint density at radius 3 is 3.17 bits per heavy atom. The van der Waals surface area contributed by atoms with Crippen LogP contribution < -0.4 is 0 Å². The molecule has 0 spiro atoms. The van der Waals surface area contributed by atoms with Gasteiger partial charge in [0.2, 0.25) is 0 Å². The minimum Gasteiger partial charge on any atom is -0.501 e. The van der Waals surface area contributed by atoms with Gasteiger partial charge < -0.3 is 14.6 Å². The van der Waals surface area contributed by atoms with Crippen LogP contribution in [0, 0.1) is 0 Å². The second-order valence-corrected chi connectivity index (χ2v) is 2.84. The molecule has 1 rings (SSSR count). The van der Waals surface area contributed by atoms with E-state index in [2.05, 4.69) is 0 Å². The number of aliphatic hydroxyl groups is 1. The lowest BCUT2D eigenvalue weighted by Crippen LogP contribution is -2.20. The molecule has 1 aliphatic rings. The van der Waals surface area contributed by atoms with Gasteiger partial charge in [-0.2, -0.15) is 0 Å². The van der Waals surface area contributed by atoms with Gasteiger partial charge in [0.1, 0.15) is 6.10 Å². The normalized spacial score (nSPS) is 19.7. The Balaban J connectivity index is 2.29. The lowest BCUT2D eigenvalue weighted by molar-refractivity contribution is 0.0540. The van der Waals surface area contributed by atoms with Crippen molar-refractivity contribution >= 4 is 0 Å². The first-order valence-electron chi connectivity index (χ1n) is 4.41. The van der Waals surface area contributed by atoms with Crippen molar-refractivity contribution in [3.63, 3.8) is 0 Å². The largest absolute Gasteiger partial charge is 0.501 e. The minimum atomic E-state index is -0.481. The fourth-order valence-electron chi connectivity index (χ4n) is 1.17. The summed E-state index contributed by atoms with van der Waals surface area (Å²) >= 11 is 0. The van der Waals surface area contributed by atoms with Crippen molar-refractivity contribution < 1.29 is 14.6 Å². The van der Waals surface area contributed by atoms with Crippen LogP contribution >= 0.6 is 0 Å². The molecule has 0 aromatic carbocycles. The molecule has 0 amide bonds. The minimum absolute atomic E-state index is 0.381. The molecule has 0 aromatic rings. The van der Waals surface area contributed by atoms with Crippen LogP contribution in [-0.4, -0.2) is 31.0 Å². The molecule has 0 saturated heterocycles. The molecule has 12 heavy (non-hydrogen) atoms. The number of hydrogen-bond acceptors (Lipinski definition) is 3. The van der Waals surface area contributed by atoms with Gasteiger partial charge in [0.25, 0.3) is 0 Å². The van der Waals surface area contributed by atoms with E-state index in [4.69, 9.17) is 9.47 Å². The van der Waals surface area contributed by atoms with Crippen LogP contribution in [0.25, 0.3) is 0 Å². The first-order chi connectivity index (χ1) is 5.84. The summed E-state index contributed by atoms with van der Waals surface area (Å²) in [6.07, 6.45) is 3.10. The summed E-state index contributed by atoms with van der Waals surface area (Å²) in [5, 5.41) is 9.53. The molecule has 3 heteroatoms. The maximum Gasteiger partial charge on any atom is 0.102 e. The van der Waals surface area contributed by atoms with Crippen LogP contribution in [0.4, 0.5) is 0 Å². The van der Waals surface area contributed by atoms with Crippen molar-refractivity contribution in [1.82, 2.24) is 0 Å². The summed E-state index contributed by atoms with van der Waals surface area (Å²) in [6, 6.07) is 0. The molecule has 1 aliphatic heterocycles. The molecule has 3 nitrogen and oxygen atoms in total. The van der Waals surface area contributed by atoms with Gasteiger partial charge in [-0.1, -0.05) is 0 Å². The molecule has 70 valence electrons. The maximum atomic E-state index is 9.53. The summed E-state index contributed by atoms with van der Waals surface area (Å²) in [6.45, 7) is 3.71. The van der Waals surface area contributed by atoms with E-state index in [1.165, 1.54) is 0 Å². The average molecular weight is 172 g/mol. The molecule has 0 radical (unpaired) electrons. The SMILES string of the molecule is CCOCC(O)C1=COCCC1. The monoisotopic (exact) mass is 172 g/mol. The standard InChI is InChI=1S/C9H16O3/c1-2-11-7-9(10)8-4-3-5-12-6-8/h6,9-10H,2-5,7H2,1H3. The lowest BCUT2D eigenvalue weighted by atomic mass is 10.1. The van der Waals surface area contributed by atoms with E-state index >= 15 is 0 Å². The molecule has 0 aliphatic carbocycles. The van der Waals surface area contributed by atoms with E-state index in [0.717, 1.165) is 25.0 Å². The number of aliphatic hydroxyl groups excluding tert-OH is 1. The van der Waals surface area contributed by atoms with Crippen molar-refractivity contribution in [2.45, 2.75) is 25.9 Å². The van der Waals surface area contributed by atoms with E-state index in [9.17, 15) is 5.11 Å². The smallest absolute Gasteiger partial charge is 0.102 e. The summed E-state index contributed by atoms with van der Waals surface area (Å²) in [5.41, 5.74) is 0.953. The second kappa shape index (κ2) is 5.17. The molecule has 1 N–H and O–H groups in total. The Hall–Kier alpha value is -0.540. The average Bonchev–Trinajstić information content (AvgIpc) is 2.15. The third-order valence-electron chi connectivity index (χ3n) is 1.87. The van der Waals surface area contributed by atoms with Crippen molar-refractivity contribution in [3.05, 3.63) is 11.8 Å². The van der Waals surface area contributed by atoms with Crippen LogP contribution in [0.2, 0.25) is 0 Å². The zero-order valence-electron chi connectivity index (χ0n) is 7.45. The molecule has 0 saturated carbocycles. The summed E-state index contributed by atoms with van der Waals surface area (Å²) in [5.74, 6) is 0. The highest BCUT2D eigenvalue weighted by molar-refractivity contribution is 5.06. The summed E-state index contributed by atoms with van der Waals surface area (Å²) in [4.78, 5) is 0. The van der Waals surface area contributed by atoms with E-state index in [-0.39, 0.29) is 0 Å². The van der Waals surface area contributed by atoms with Gasteiger partial charge in [0.15, 0.2) is 0 Å². The fraction of sp³-hybridized carbons (Fsp3) is 0.778. The van der Waals surface area contributed by atoms with Crippen molar-refractivity contribution in [2.24, 2.45) is 0 Å². The highest BCUT2D eigenvalue weighted by Crippen LogP contribution is 2.15. The van der Waals surface area contributed by atoms with Crippen LogP contribution in [0.1, 0.15) is 19.8 Å². The lowest BCUT2D eigenvalue weighted by Gasteiger charge is -2.18. The first-order valence-corrected chi connectivity index (χ1v) is 4.41. The van der Waals surface area contributed by atoms with Gasteiger partial charge >= 0.3 is 0 Å². The topological polar surface area (TPSA) is 38.7 Å². The molecule has 0 bridgehead atoms. The molecular weight excluding hydrogens is 156 g/mol. The number of ether oxygens (including phenoxy) is 2. The zero-order valence-corrected chi connectivity index (χ0v) is 7.45. The molecule has 0 fully saturated rings. The molecule has 1 unspecified atom stereocenters. The van der Waals surface area contributed by atoms with Gasteiger partial charge in [0, 0.05) is 6.61 Å². The first kappa shape index (κ1) is 9.55. The third-order valence-corrected chi connectivity index (χ3v) is 1.87. The Bertz CT molecular complexity index is 154. The Morgan fingerprint density at radius 2 is 2.58 bits per heavy atom. The quantitative estimate of drug-likeness (QED) is 0.689. The predicted octanol–water partition coefficient (Wildman–Crippen LogP) is 1.08. The van der Waals surface area contributed by atoms with Crippen molar-refractivity contribution in [2.75, 3.05) is 19.8 Å². The summed E-state index contributed by atoms with van der Waals surface area (Å²) in [7, 11) is 0. The molecular formula is C9H16O3. The number of rotatable bonds is 4. The molecule has 1 heterocycles. The predicted molar refractivity (Wildman–Crippen MR) is 45.8 cm³/mol. The van der Waals surface area contributed by atoms with Gasteiger partial charge in [-0.3, -0.25) is 0 Å². The van der Waals surface area contributed by atoms with Gasteiger partial charge in [-0.15, -0.1) is 0 Å². The van der Waals surface area contributed by atoms with Crippen molar-refractivity contribution in [3.8, 4) is 0 Å². The number of hydrogen-bond donors (Lipinski definition) is 1. The second-order valence-electron chi connectivity index (χ2n) is 2.84. The van der Waals surface area contributed by atoms with Crippen LogP contribution in [0.15, 0.2) is 11.8 Å². The third kappa shape index (κ3) is 2.83. The van der Waals surface area contributed by atoms with Crippen LogP contribution in [0.5, 0.6) is 0 Å². The van der Waals surface area contributed by atoms with E-state index in [1.807, 2.05) is 6.92 Å². The van der Waals surface area contributed by atoms with Gasteiger partial charge in [-0.25, -0.2) is 0 Å². The zero-order chi connectivity index (χ0) is 8.81. The van der Waals surface area contributed by atoms with E-state index < -0.39 is 6.10 Å². The van der Waals surface area contributed by atoms with Gasteiger partial charge in [-0.05, 0) is 25.3 Å². The summed E-state index contributed by atoms with van der Waals surface area (Å²) < 4.78 is 10.2. The highest BCUT2D eigenvalue weighted by Gasteiger charge is 2.13. The van der Waals surface area contributed by atoms with E-state index in [0.29, 0.717) is 13.2 Å². The van der Waals surface area contributed by atoms with Crippen LogP contribution in [-0.2, 0) is 9.47 Å². The van der Waals surface area contributed by atoms with E-state index in [1.54, 1.807) is 6.26 Å². The maximum absolute atomic E-state index is 9.53. The van der Waals surface area contributed by atoms with Crippen LogP contribution in [0.3, 0.4) is 0 Å². The Morgan fingerprint density at radius 1 is 1.75 bits per heavy atom. The van der Waals surface area contributed by atoms with Crippen molar-refractivity contribution in [1.29, 1.82) is 0 Å². The molecule has 0 aromatic heterocycles. The van der Waals surface area contributed by atoms with Gasteiger partial charge in [0.05, 0.1) is 19.5 Å². The Kier molecular flexibility index (Phi) is 4.11. The highest BCUT2D eigenvalue weighted by atomic mass is 16.5. The molecule has 1 atom stereocenters. The Labute approximate surface area is 73.0 Å². The fourth-order valence-corrected chi connectivity index (χ4v) is 1.17.